The summed E-state index contributed by atoms with van der Waals surface area (Å²) in [7, 11) is 1.56. The molecule has 17 heavy (non-hydrogen) atoms. The fraction of sp³-hybridized carbons (Fsp3) is 0.909. The van der Waals surface area contributed by atoms with Crippen molar-refractivity contribution >= 4 is 18.3 Å². The Labute approximate surface area is 109 Å². The van der Waals surface area contributed by atoms with Crippen LogP contribution < -0.4 is 11.1 Å². The number of hydrogen-bond acceptors (Lipinski definition) is 4. The van der Waals surface area contributed by atoms with Crippen LogP contribution in [0.2, 0.25) is 0 Å². The highest BCUT2D eigenvalue weighted by atomic mass is 35.5. The minimum Gasteiger partial charge on any atom is -0.380 e. The van der Waals surface area contributed by atoms with Crippen LogP contribution in [0.5, 0.6) is 0 Å². The van der Waals surface area contributed by atoms with Gasteiger partial charge in [0.2, 0.25) is 5.91 Å². The fourth-order valence-corrected chi connectivity index (χ4v) is 1.80. The van der Waals surface area contributed by atoms with Crippen molar-refractivity contribution in [2.24, 2.45) is 5.73 Å². The van der Waals surface area contributed by atoms with Crippen molar-refractivity contribution in [3.63, 3.8) is 0 Å². The Bertz CT molecular complexity index is 229. The predicted molar refractivity (Wildman–Crippen MR) is 68.3 cm³/mol. The Balaban J connectivity index is 0.00000256. The second-order valence-corrected chi connectivity index (χ2v) is 4.48. The van der Waals surface area contributed by atoms with Gasteiger partial charge in [-0.05, 0) is 19.8 Å². The highest BCUT2D eigenvalue weighted by molar-refractivity contribution is 5.85. The molecule has 0 aromatic heterocycles. The van der Waals surface area contributed by atoms with Crippen LogP contribution in [0.1, 0.15) is 26.2 Å². The first kappa shape index (κ1) is 16.6. The van der Waals surface area contributed by atoms with E-state index in [9.17, 15) is 4.79 Å². The number of carbonyl (C=O) groups is 1. The van der Waals surface area contributed by atoms with Crippen molar-refractivity contribution in [3.8, 4) is 0 Å². The summed E-state index contributed by atoms with van der Waals surface area (Å²) in [4.78, 5) is 11.6. The van der Waals surface area contributed by atoms with E-state index in [2.05, 4.69) is 5.32 Å². The van der Waals surface area contributed by atoms with Crippen molar-refractivity contribution in [1.29, 1.82) is 0 Å². The zero-order chi connectivity index (χ0) is 12.0. The van der Waals surface area contributed by atoms with Gasteiger partial charge in [0.05, 0.1) is 18.1 Å². The smallest absolute Gasteiger partial charge is 0.222 e. The minimum atomic E-state index is -0.197. The molecule has 102 valence electrons. The Hall–Kier alpha value is -0.360. The first-order chi connectivity index (χ1) is 7.59. The van der Waals surface area contributed by atoms with Gasteiger partial charge in [0, 0.05) is 26.8 Å². The van der Waals surface area contributed by atoms with Gasteiger partial charge in [0.25, 0.3) is 0 Å². The SMILES string of the molecule is COC(CN)CC(=O)NCC1(C)CCCO1.Cl. The van der Waals surface area contributed by atoms with Gasteiger partial charge in [0.1, 0.15) is 0 Å². The van der Waals surface area contributed by atoms with Crippen LogP contribution in [0.15, 0.2) is 0 Å². The van der Waals surface area contributed by atoms with Gasteiger partial charge in [-0.15, -0.1) is 12.4 Å². The van der Waals surface area contributed by atoms with Gasteiger partial charge in [-0.25, -0.2) is 0 Å². The summed E-state index contributed by atoms with van der Waals surface area (Å²) in [6, 6.07) is 0. The van der Waals surface area contributed by atoms with Crippen LogP contribution in [-0.4, -0.2) is 44.4 Å². The van der Waals surface area contributed by atoms with Crippen molar-refractivity contribution < 1.29 is 14.3 Å². The summed E-state index contributed by atoms with van der Waals surface area (Å²) in [5.41, 5.74) is 5.25. The standard InChI is InChI=1S/C11H22N2O3.ClH/c1-11(4-3-5-16-11)8-13-10(14)6-9(7-12)15-2;/h9H,3-8,12H2,1-2H3,(H,13,14);1H. The summed E-state index contributed by atoms with van der Waals surface area (Å²) in [5, 5.41) is 2.86. The van der Waals surface area contributed by atoms with E-state index in [1.54, 1.807) is 7.11 Å². The molecule has 0 saturated carbocycles. The lowest BCUT2D eigenvalue weighted by molar-refractivity contribution is -0.124. The number of carbonyl (C=O) groups excluding carboxylic acids is 1. The van der Waals surface area contributed by atoms with E-state index in [1.807, 2.05) is 6.92 Å². The Morgan fingerprint density at radius 2 is 2.35 bits per heavy atom. The number of rotatable bonds is 6. The Morgan fingerprint density at radius 1 is 1.65 bits per heavy atom. The van der Waals surface area contributed by atoms with Crippen LogP contribution in [0, 0.1) is 0 Å². The van der Waals surface area contributed by atoms with E-state index in [0.29, 0.717) is 19.5 Å². The molecule has 1 aliphatic rings. The maximum atomic E-state index is 11.6. The van der Waals surface area contributed by atoms with E-state index < -0.39 is 0 Å². The monoisotopic (exact) mass is 266 g/mol. The van der Waals surface area contributed by atoms with Gasteiger partial charge in [-0.2, -0.15) is 0 Å². The van der Waals surface area contributed by atoms with Crippen molar-refractivity contribution in [3.05, 3.63) is 0 Å². The molecule has 0 spiro atoms. The molecule has 0 radical (unpaired) electrons. The van der Waals surface area contributed by atoms with Gasteiger partial charge in [-0.3, -0.25) is 4.79 Å². The zero-order valence-corrected chi connectivity index (χ0v) is 11.3. The van der Waals surface area contributed by atoms with E-state index in [4.69, 9.17) is 15.2 Å². The van der Waals surface area contributed by atoms with E-state index in [-0.39, 0.29) is 30.0 Å². The molecular formula is C11H23ClN2O3. The lowest BCUT2D eigenvalue weighted by atomic mass is 10.0. The first-order valence-electron chi connectivity index (χ1n) is 5.73. The minimum absolute atomic E-state index is 0. The quantitative estimate of drug-likeness (QED) is 0.732. The number of halogens is 1. The molecule has 1 amide bonds. The molecular weight excluding hydrogens is 244 g/mol. The summed E-state index contributed by atoms with van der Waals surface area (Å²) >= 11 is 0. The van der Waals surface area contributed by atoms with E-state index in [1.165, 1.54) is 0 Å². The molecule has 0 aliphatic carbocycles. The summed E-state index contributed by atoms with van der Waals surface area (Å²) < 4.78 is 10.6. The van der Waals surface area contributed by atoms with E-state index in [0.717, 1.165) is 19.4 Å². The second-order valence-electron chi connectivity index (χ2n) is 4.48. The normalized spacial score (nSPS) is 25.1. The third-order valence-corrected chi connectivity index (χ3v) is 2.97. The second kappa shape index (κ2) is 7.87. The fourth-order valence-electron chi connectivity index (χ4n) is 1.80. The molecule has 1 rings (SSSR count). The number of methoxy groups -OCH3 is 1. The average Bonchev–Trinajstić information content (AvgIpc) is 2.71. The highest BCUT2D eigenvalue weighted by Gasteiger charge is 2.30. The van der Waals surface area contributed by atoms with Crippen LogP contribution in [0.3, 0.4) is 0 Å². The largest absolute Gasteiger partial charge is 0.380 e. The highest BCUT2D eigenvalue weighted by Crippen LogP contribution is 2.23. The lowest BCUT2D eigenvalue weighted by Crippen LogP contribution is -2.41. The summed E-state index contributed by atoms with van der Waals surface area (Å²) in [5.74, 6) is -0.0333. The molecule has 0 bridgehead atoms. The third-order valence-electron chi connectivity index (χ3n) is 2.97. The molecule has 1 fully saturated rings. The molecule has 2 unspecified atom stereocenters. The van der Waals surface area contributed by atoms with Crippen LogP contribution >= 0.6 is 12.4 Å². The zero-order valence-electron chi connectivity index (χ0n) is 10.5. The summed E-state index contributed by atoms with van der Waals surface area (Å²) in [6.07, 6.45) is 2.17. The molecule has 5 nitrogen and oxygen atoms in total. The topological polar surface area (TPSA) is 73.6 Å². The predicted octanol–water partition coefficient (Wildman–Crippen LogP) is 0.457. The van der Waals surface area contributed by atoms with Gasteiger partial charge < -0.3 is 20.5 Å². The third kappa shape index (κ3) is 5.68. The number of hydrogen-bond donors (Lipinski definition) is 2. The van der Waals surface area contributed by atoms with Crippen molar-refractivity contribution in [1.82, 2.24) is 5.32 Å². The number of nitrogens with two attached hydrogens (primary N) is 1. The molecule has 1 saturated heterocycles. The molecule has 1 aliphatic heterocycles. The van der Waals surface area contributed by atoms with Gasteiger partial charge in [0.15, 0.2) is 0 Å². The van der Waals surface area contributed by atoms with Gasteiger partial charge >= 0.3 is 0 Å². The molecule has 6 heteroatoms. The molecule has 1 heterocycles. The van der Waals surface area contributed by atoms with E-state index >= 15 is 0 Å². The summed E-state index contributed by atoms with van der Waals surface area (Å²) in [6.45, 7) is 3.73. The van der Waals surface area contributed by atoms with Crippen LogP contribution in [0.25, 0.3) is 0 Å². The number of ether oxygens (including phenoxy) is 2. The first-order valence-corrected chi connectivity index (χ1v) is 5.73. The van der Waals surface area contributed by atoms with Crippen LogP contribution in [-0.2, 0) is 14.3 Å². The number of nitrogens with one attached hydrogen (secondary N) is 1. The average molecular weight is 267 g/mol. The maximum Gasteiger partial charge on any atom is 0.222 e. The maximum absolute atomic E-state index is 11.6. The molecule has 0 aromatic rings. The van der Waals surface area contributed by atoms with Crippen LogP contribution in [0.4, 0.5) is 0 Å². The Kier molecular flexibility index (Phi) is 7.70. The van der Waals surface area contributed by atoms with Crippen molar-refractivity contribution in [2.45, 2.75) is 37.9 Å². The van der Waals surface area contributed by atoms with Crippen molar-refractivity contribution in [2.75, 3.05) is 26.8 Å². The molecule has 2 atom stereocenters. The molecule has 3 N–H and O–H groups in total. The molecule has 0 aromatic carbocycles. The number of amides is 1. The Morgan fingerprint density at radius 3 is 2.82 bits per heavy atom. The lowest BCUT2D eigenvalue weighted by Gasteiger charge is -2.23. The van der Waals surface area contributed by atoms with Gasteiger partial charge in [-0.1, -0.05) is 0 Å².